The van der Waals surface area contributed by atoms with Gasteiger partial charge < -0.3 is 24.4 Å². The summed E-state index contributed by atoms with van der Waals surface area (Å²) in [6.45, 7) is 6.51. The molecule has 0 bridgehead atoms. The molecule has 1 aliphatic heterocycles. The molecule has 0 spiro atoms. The number of hydrogen-bond donors (Lipinski definition) is 1. The molecule has 0 unspecified atom stereocenters. The zero-order valence-electron chi connectivity index (χ0n) is 19.1. The van der Waals surface area contributed by atoms with E-state index in [1.165, 1.54) is 4.90 Å². The van der Waals surface area contributed by atoms with Gasteiger partial charge in [0.1, 0.15) is 17.0 Å². The van der Waals surface area contributed by atoms with Crippen LogP contribution in [0.4, 0.5) is 25.0 Å². The molecule has 0 saturated carbocycles. The van der Waals surface area contributed by atoms with Gasteiger partial charge in [-0.2, -0.15) is 0 Å². The van der Waals surface area contributed by atoms with E-state index in [9.17, 15) is 18.4 Å². The van der Waals surface area contributed by atoms with Gasteiger partial charge in [0.15, 0.2) is 11.6 Å². The normalized spacial score (nSPS) is 14.9. The van der Waals surface area contributed by atoms with Crippen molar-refractivity contribution in [2.75, 3.05) is 37.4 Å². The molecule has 1 N–H and O–H groups in total. The highest BCUT2D eigenvalue weighted by molar-refractivity contribution is 6.03. The van der Waals surface area contributed by atoms with E-state index in [-0.39, 0.29) is 23.5 Å². The van der Waals surface area contributed by atoms with Gasteiger partial charge >= 0.3 is 6.09 Å². The highest BCUT2D eigenvalue weighted by Gasteiger charge is 2.29. The van der Waals surface area contributed by atoms with E-state index in [1.54, 1.807) is 37.3 Å². The second-order valence-corrected chi connectivity index (χ2v) is 9.14. The highest BCUT2D eigenvalue weighted by Crippen LogP contribution is 2.28. The smallest absolute Gasteiger partial charge is 0.410 e. The van der Waals surface area contributed by atoms with Gasteiger partial charge in [-0.1, -0.05) is 0 Å². The quantitative estimate of drug-likeness (QED) is 0.739. The Balaban J connectivity index is 1.67. The molecular formula is C23H30F2N4O3. The molecule has 2 aromatic rings. The molecule has 0 aliphatic carbocycles. The molecule has 2 amide bonds. The van der Waals surface area contributed by atoms with E-state index in [4.69, 9.17) is 4.74 Å². The lowest BCUT2D eigenvalue weighted by molar-refractivity contribution is 0.0187. The minimum atomic E-state index is -0.754. The number of aromatic nitrogens is 1. The van der Waals surface area contributed by atoms with Crippen LogP contribution in [-0.2, 0) is 4.74 Å². The van der Waals surface area contributed by atoms with Crippen LogP contribution in [0.2, 0.25) is 0 Å². The first-order chi connectivity index (χ1) is 15.0. The van der Waals surface area contributed by atoms with E-state index < -0.39 is 23.1 Å². The Bertz CT molecular complexity index is 966. The third kappa shape index (κ3) is 5.38. The van der Waals surface area contributed by atoms with Gasteiger partial charge in [0.25, 0.3) is 5.91 Å². The number of rotatable bonds is 4. The summed E-state index contributed by atoms with van der Waals surface area (Å²) in [6, 6.07) is 5.64. The molecule has 3 rings (SSSR count). The number of ether oxygens (including phenoxy) is 1. The van der Waals surface area contributed by atoms with Crippen LogP contribution >= 0.6 is 0 Å². The predicted octanol–water partition coefficient (Wildman–Crippen LogP) is 4.66. The lowest BCUT2D eigenvalue weighted by Gasteiger charge is -2.34. The number of hydrogen-bond acceptors (Lipinski definition) is 4. The van der Waals surface area contributed by atoms with Gasteiger partial charge in [-0.3, -0.25) is 4.79 Å². The fourth-order valence-electron chi connectivity index (χ4n) is 3.82. The first kappa shape index (κ1) is 23.6. The summed E-state index contributed by atoms with van der Waals surface area (Å²) < 4.78 is 35.8. The van der Waals surface area contributed by atoms with Crippen LogP contribution < -0.4 is 10.2 Å². The number of nitrogens with one attached hydrogen (secondary N) is 1. The van der Waals surface area contributed by atoms with Crippen molar-refractivity contribution in [3.8, 4) is 0 Å². The number of carbonyl (C=O) groups is 2. The molecule has 0 atom stereocenters. The lowest BCUT2D eigenvalue weighted by atomic mass is 10.0. The number of benzene rings is 1. The Morgan fingerprint density at radius 2 is 1.72 bits per heavy atom. The summed E-state index contributed by atoms with van der Waals surface area (Å²) in [7, 11) is 3.08. The van der Waals surface area contributed by atoms with Crippen LogP contribution in [0.3, 0.4) is 0 Å². The average molecular weight is 449 g/mol. The SMILES string of the molecule is CN(C)c1c(F)cc(NC(=O)c2cccn2C2CCN(C(=O)OC(C)(C)C)CC2)cc1F. The maximum atomic E-state index is 14.2. The zero-order chi connectivity index (χ0) is 23.6. The van der Waals surface area contributed by atoms with Crippen molar-refractivity contribution in [3.05, 3.63) is 47.8 Å². The molecule has 9 heteroatoms. The number of halogens is 2. The second kappa shape index (κ2) is 9.18. The van der Waals surface area contributed by atoms with Crippen LogP contribution in [-0.4, -0.2) is 54.3 Å². The fourth-order valence-corrected chi connectivity index (χ4v) is 3.82. The third-order valence-electron chi connectivity index (χ3n) is 5.24. The van der Waals surface area contributed by atoms with Crippen molar-refractivity contribution in [3.63, 3.8) is 0 Å². The first-order valence-corrected chi connectivity index (χ1v) is 10.6. The molecule has 1 aromatic heterocycles. The minimum Gasteiger partial charge on any atom is -0.444 e. The number of anilines is 2. The Hall–Kier alpha value is -3.10. The van der Waals surface area contributed by atoms with Crippen LogP contribution in [0.15, 0.2) is 30.5 Å². The molecule has 1 fully saturated rings. The monoisotopic (exact) mass is 448 g/mol. The van der Waals surface area contributed by atoms with Crippen LogP contribution in [0.25, 0.3) is 0 Å². The summed E-state index contributed by atoms with van der Waals surface area (Å²) in [5, 5.41) is 2.58. The van der Waals surface area contributed by atoms with Gasteiger partial charge in [-0.15, -0.1) is 0 Å². The van der Waals surface area contributed by atoms with Crippen LogP contribution in [0.1, 0.15) is 50.1 Å². The molecule has 1 saturated heterocycles. The molecular weight excluding hydrogens is 418 g/mol. The van der Waals surface area contributed by atoms with Crippen molar-refractivity contribution in [2.45, 2.75) is 45.3 Å². The van der Waals surface area contributed by atoms with E-state index in [0.717, 1.165) is 12.1 Å². The van der Waals surface area contributed by atoms with Crippen molar-refractivity contribution in [1.29, 1.82) is 0 Å². The Labute approximate surface area is 186 Å². The summed E-state index contributed by atoms with van der Waals surface area (Å²) in [5.41, 5.74) is -0.284. The lowest BCUT2D eigenvalue weighted by Crippen LogP contribution is -2.42. The number of carbonyl (C=O) groups excluding carboxylic acids is 2. The largest absolute Gasteiger partial charge is 0.444 e. The number of likely N-dealkylation sites (tertiary alicyclic amines) is 1. The van der Waals surface area contributed by atoms with Gasteiger partial charge in [0, 0.05) is 45.1 Å². The maximum absolute atomic E-state index is 14.2. The average Bonchev–Trinajstić information content (AvgIpc) is 3.16. The Morgan fingerprint density at radius 3 is 2.25 bits per heavy atom. The Kier molecular flexibility index (Phi) is 6.76. The van der Waals surface area contributed by atoms with Gasteiger partial charge in [0.2, 0.25) is 0 Å². The van der Waals surface area contributed by atoms with Crippen molar-refractivity contribution in [2.24, 2.45) is 0 Å². The van der Waals surface area contributed by atoms with E-state index in [0.29, 0.717) is 31.6 Å². The number of amides is 2. The predicted molar refractivity (Wildman–Crippen MR) is 119 cm³/mol. The van der Waals surface area contributed by atoms with Gasteiger partial charge in [-0.25, -0.2) is 13.6 Å². The second-order valence-electron chi connectivity index (χ2n) is 9.14. The maximum Gasteiger partial charge on any atom is 0.410 e. The standard InChI is InChI=1S/C23H30F2N4O3/c1-23(2,3)32-22(31)28-11-8-16(9-12-28)29-10-6-7-19(29)21(30)26-15-13-17(24)20(27(4)5)18(25)14-15/h6-7,10,13-14,16H,8-9,11-12H2,1-5H3,(H,26,30). The summed E-state index contributed by atoms with van der Waals surface area (Å²) in [5.74, 6) is -1.97. The molecule has 174 valence electrons. The fraction of sp³-hybridized carbons (Fsp3) is 0.478. The zero-order valence-corrected chi connectivity index (χ0v) is 19.1. The topological polar surface area (TPSA) is 66.8 Å². The molecule has 32 heavy (non-hydrogen) atoms. The minimum absolute atomic E-state index is 0.0222. The summed E-state index contributed by atoms with van der Waals surface area (Å²) >= 11 is 0. The van der Waals surface area contributed by atoms with E-state index in [1.807, 2.05) is 25.3 Å². The number of piperidine rings is 1. The summed E-state index contributed by atoms with van der Waals surface area (Å²) in [6.07, 6.45) is 2.79. The molecule has 7 nitrogen and oxygen atoms in total. The van der Waals surface area contributed by atoms with Crippen molar-refractivity contribution >= 4 is 23.4 Å². The van der Waals surface area contributed by atoms with Crippen molar-refractivity contribution < 1.29 is 23.1 Å². The van der Waals surface area contributed by atoms with Gasteiger partial charge in [0.05, 0.1) is 0 Å². The first-order valence-electron chi connectivity index (χ1n) is 10.6. The Morgan fingerprint density at radius 1 is 1.12 bits per heavy atom. The third-order valence-corrected chi connectivity index (χ3v) is 5.24. The number of nitrogens with zero attached hydrogens (tertiary/aromatic N) is 3. The van der Waals surface area contributed by atoms with E-state index >= 15 is 0 Å². The molecule has 1 aromatic carbocycles. The highest BCUT2D eigenvalue weighted by atomic mass is 19.1. The van der Waals surface area contributed by atoms with Crippen LogP contribution in [0, 0.1) is 11.6 Å². The van der Waals surface area contributed by atoms with Crippen molar-refractivity contribution in [1.82, 2.24) is 9.47 Å². The van der Waals surface area contributed by atoms with E-state index in [2.05, 4.69) is 5.32 Å². The van der Waals surface area contributed by atoms with Gasteiger partial charge in [-0.05, 0) is 57.9 Å². The van der Waals surface area contributed by atoms with Crippen LogP contribution in [0.5, 0.6) is 0 Å². The molecule has 1 aliphatic rings. The molecule has 2 heterocycles. The summed E-state index contributed by atoms with van der Waals surface area (Å²) in [4.78, 5) is 28.1. The molecule has 0 radical (unpaired) electrons.